The van der Waals surface area contributed by atoms with Gasteiger partial charge in [0, 0.05) is 28.4 Å². The first kappa shape index (κ1) is 21.9. The van der Waals surface area contributed by atoms with Gasteiger partial charge in [-0.15, -0.1) is 35.3 Å². The maximum Gasteiger partial charge on any atom is 0.191 e. The molecule has 0 bridgehead atoms. The van der Waals surface area contributed by atoms with Gasteiger partial charge in [-0.2, -0.15) is 0 Å². The molecule has 0 saturated heterocycles. The van der Waals surface area contributed by atoms with E-state index in [1.807, 2.05) is 6.92 Å². The lowest BCUT2D eigenvalue weighted by molar-refractivity contribution is 0.176. The normalized spacial score (nSPS) is 12.4. The highest BCUT2D eigenvalue weighted by Gasteiger charge is 2.12. The first-order valence-electron chi connectivity index (χ1n) is 8.16. The van der Waals surface area contributed by atoms with Crippen molar-refractivity contribution in [1.82, 2.24) is 10.6 Å². The Morgan fingerprint density at radius 1 is 1.16 bits per heavy atom. The van der Waals surface area contributed by atoms with Crippen molar-refractivity contribution in [1.29, 1.82) is 0 Å². The molecule has 1 heterocycles. The Kier molecular flexibility index (Phi) is 9.99. The van der Waals surface area contributed by atoms with E-state index in [0.717, 1.165) is 6.42 Å². The van der Waals surface area contributed by atoms with Crippen molar-refractivity contribution in [2.75, 3.05) is 13.1 Å². The highest BCUT2D eigenvalue weighted by atomic mass is 127. The maximum atomic E-state index is 13.7. The monoisotopic (exact) mass is 477 g/mol. The number of guanidine groups is 1. The number of rotatable bonds is 7. The summed E-state index contributed by atoms with van der Waals surface area (Å²) in [5.74, 6) is 0.207. The molecule has 0 aliphatic heterocycles. The zero-order chi connectivity index (χ0) is 17.4. The van der Waals surface area contributed by atoms with Crippen LogP contribution in [-0.2, 0) is 13.0 Å². The lowest BCUT2D eigenvalue weighted by atomic mass is 10.1. The third kappa shape index (κ3) is 6.91. The molecular weight excluding hydrogens is 452 g/mol. The first-order chi connectivity index (χ1) is 11.6. The number of aliphatic imine (C=N–C) groups is 1. The van der Waals surface area contributed by atoms with Crippen molar-refractivity contribution in [3.8, 4) is 0 Å². The number of benzene rings is 1. The number of hydrogen-bond donors (Lipinski definition) is 3. The minimum Gasteiger partial charge on any atom is -0.386 e. The smallest absolute Gasteiger partial charge is 0.191 e. The van der Waals surface area contributed by atoms with Gasteiger partial charge in [-0.05, 0) is 31.5 Å². The number of nitrogens with zero attached hydrogens (tertiary/aromatic N) is 1. The molecule has 4 nitrogen and oxygen atoms in total. The van der Waals surface area contributed by atoms with Crippen molar-refractivity contribution in [3.05, 3.63) is 57.5 Å². The quantitative estimate of drug-likeness (QED) is 0.323. The minimum absolute atomic E-state index is 0. The van der Waals surface area contributed by atoms with Gasteiger partial charge in [-0.3, -0.25) is 0 Å². The Bertz CT molecular complexity index is 678. The average molecular weight is 477 g/mol. The molecule has 0 fully saturated rings. The number of thiophene rings is 1. The molecule has 1 aromatic heterocycles. The van der Waals surface area contributed by atoms with Crippen LogP contribution < -0.4 is 10.6 Å². The van der Waals surface area contributed by atoms with E-state index < -0.39 is 11.9 Å². The predicted molar refractivity (Wildman–Crippen MR) is 113 cm³/mol. The summed E-state index contributed by atoms with van der Waals surface area (Å²) in [6, 6.07) is 10.5. The van der Waals surface area contributed by atoms with Crippen LogP contribution in [0.3, 0.4) is 0 Å². The molecule has 0 aliphatic carbocycles. The van der Waals surface area contributed by atoms with Gasteiger partial charge in [0.05, 0.1) is 12.6 Å². The van der Waals surface area contributed by atoms with Crippen LogP contribution >= 0.6 is 35.3 Å². The first-order valence-corrected chi connectivity index (χ1v) is 8.98. The van der Waals surface area contributed by atoms with E-state index in [-0.39, 0.29) is 36.1 Å². The molecule has 7 heteroatoms. The summed E-state index contributed by atoms with van der Waals surface area (Å²) >= 11 is 1.75. The van der Waals surface area contributed by atoms with Crippen LogP contribution in [0.1, 0.15) is 35.3 Å². The molecule has 0 amide bonds. The van der Waals surface area contributed by atoms with Crippen LogP contribution in [0.5, 0.6) is 0 Å². The van der Waals surface area contributed by atoms with Crippen molar-refractivity contribution in [2.45, 2.75) is 32.9 Å². The number of halogens is 2. The van der Waals surface area contributed by atoms with Gasteiger partial charge in [0.1, 0.15) is 5.82 Å². The molecule has 138 valence electrons. The summed E-state index contributed by atoms with van der Waals surface area (Å²) in [5, 5.41) is 16.4. The van der Waals surface area contributed by atoms with Gasteiger partial charge in [-0.1, -0.05) is 25.1 Å². The van der Waals surface area contributed by atoms with Crippen molar-refractivity contribution < 1.29 is 9.50 Å². The van der Waals surface area contributed by atoms with E-state index in [1.165, 1.54) is 15.8 Å². The Labute approximate surface area is 169 Å². The lowest BCUT2D eigenvalue weighted by Crippen LogP contribution is -2.39. The van der Waals surface area contributed by atoms with Crippen molar-refractivity contribution >= 4 is 41.3 Å². The lowest BCUT2D eigenvalue weighted by Gasteiger charge is -2.16. The van der Waals surface area contributed by atoms with Gasteiger partial charge < -0.3 is 15.7 Å². The van der Waals surface area contributed by atoms with E-state index in [2.05, 4.69) is 34.7 Å². The van der Waals surface area contributed by atoms with Gasteiger partial charge in [0.25, 0.3) is 0 Å². The van der Waals surface area contributed by atoms with E-state index >= 15 is 0 Å². The number of nitrogens with one attached hydrogen (secondary N) is 2. The number of aryl methyl sites for hydroxylation is 1. The summed E-state index contributed by atoms with van der Waals surface area (Å²) in [7, 11) is 0. The van der Waals surface area contributed by atoms with E-state index in [4.69, 9.17) is 0 Å². The molecule has 3 N–H and O–H groups in total. The fourth-order valence-corrected chi connectivity index (χ4v) is 3.13. The second-order valence-corrected chi connectivity index (χ2v) is 6.59. The summed E-state index contributed by atoms with van der Waals surface area (Å²) < 4.78 is 13.7. The maximum absolute atomic E-state index is 13.7. The molecule has 2 aromatic rings. The van der Waals surface area contributed by atoms with Crippen LogP contribution in [0.15, 0.2) is 41.4 Å². The standard InChI is InChI=1S/C18H24FN3OS.HI/c1-3-13-9-10-14(24-13)11-21-18(20-4-2)22-12-17(23)15-7-5-6-8-16(15)19;/h5-10,17,23H,3-4,11-12H2,1-2H3,(H2,20,21,22);1H. The number of aliphatic hydroxyl groups excluding tert-OH is 1. The molecule has 1 aromatic carbocycles. The highest BCUT2D eigenvalue weighted by Crippen LogP contribution is 2.18. The Hall–Kier alpha value is -1.19. The summed E-state index contributed by atoms with van der Waals surface area (Å²) in [6.45, 7) is 5.60. The highest BCUT2D eigenvalue weighted by molar-refractivity contribution is 14.0. The summed E-state index contributed by atoms with van der Waals surface area (Å²) in [5.41, 5.74) is 0.284. The second kappa shape index (κ2) is 11.4. The Balaban J connectivity index is 0.00000312. The fourth-order valence-electron chi connectivity index (χ4n) is 2.24. The Morgan fingerprint density at radius 2 is 1.88 bits per heavy atom. The largest absolute Gasteiger partial charge is 0.386 e. The average Bonchev–Trinajstić information content (AvgIpc) is 3.05. The molecule has 0 spiro atoms. The van der Waals surface area contributed by atoms with Crippen LogP contribution in [-0.4, -0.2) is 24.2 Å². The molecule has 1 atom stereocenters. The predicted octanol–water partition coefficient (Wildman–Crippen LogP) is 3.86. The van der Waals surface area contributed by atoms with Crippen LogP contribution in [0, 0.1) is 5.82 Å². The van der Waals surface area contributed by atoms with Crippen molar-refractivity contribution in [3.63, 3.8) is 0 Å². The SMILES string of the molecule is CCNC(=NCc1ccc(CC)s1)NCC(O)c1ccccc1F.I. The molecule has 25 heavy (non-hydrogen) atoms. The third-order valence-electron chi connectivity index (χ3n) is 3.53. The van der Waals surface area contributed by atoms with E-state index in [0.29, 0.717) is 19.0 Å². The van der Waals surface area contributed by atoms with Crippen LogP contribution in [0.25, 0.3) is 0 Å². The summed E-state index contributed by atoms with van der Waals surface area (Å²) in [6.07, 6.45) is 0.102. The summed E-state index contributed by atoms with van der Waals surface area (Å²) in [4.78, 5) is 7.05. The van der Waals surface area contributed by atoms with Crippen molar-refractivity contribution in [2.24, 2.45) is 4.99 Å². The minimum atomic E-state index is -0.927. The van der Waals surface area contributed by atoms with Gasteiger partial charge >= 0.3 is 0 Å². The Morgan fingerprint density at radius 3 is 2.52 bits per heavy atom. The topological polar surface area (TPSA) is 56.7 Å². The number of aliphatic hydroxyl groups is 1. The fraction of sp³-hybridized carbons (Fsp3) is 0.389. The molecule has 0 saturated carbocycles. The van der Waals surface area contributed by atoms with E-state index in [1.54, 1.807) is 29.5 Å². The zero-order valence-corrected chi connectivity index (χ0v) is 17.6. The molecule has 0 aliphatic rings. The number of hydrogen-bond acceptors (Lipinski definition) is 3. The van der Waals surface area contributed by atoms with Gasteiger partial charge in [0.15, 0.2) is 5.96 Å². The van der Waals surface area contributed by atoms with Crippen LogP contribution in [0.4, 0.5) is 4.39 Å². The second-order valence-electron chi connectivity index (χ2n) is 5.33. The van der Waals surface area contributed by atoms with Gasteiger partial charge in [-0.25, -0.2) is 9.38 Å². The molecular formula is C18H25FIN3OS. The van der Waals surface area contributed by atoms with E-state index in [9.17, 15) is 9.50 Å². The zero-order valence-electron chi connectivity index (χ0n) is 14.5. The van der Waals surface area contributed by atoms with Gasteiger partial charge in [0.2, 0.25) is 0 Å². The molecule has 0 radical (unpaired) electrons. The molecule has 2 rings (SSSR count). The van der Waals surface area contributed by atoms with Crippen LogP contribution in [0.2, 0.25) is 0 Å². The molecule has 1 unspecified atom stereocenters. The third-order valence-corrected chi connectivity index (χ3v) is 4.74.